The lowest BCUT2D eigenvalue weighted by Gasteiger charge is -2.24. The van der Waals surface area contributed by atoms with E-state index in [1.54, 1.807) is 0 Å². The number of nitrogens with one attached hydrogen (secondary N) is 1. The second kappa shape index (κ2) is 7.90. The van der Waals surface area contributed by atoms with Gasteiger partial charge in [0.1, 0.15) is 6.04 Å². The summed E-state index contributed by atoms with van der Waals surface area (Å²) in [6, 6.07) is 7.95. The molecule has 158 valence electrons. The standard InChI is InChI=1S/C20H19ClN2O6S/c1-12(24)15-9-18-19(29-11-28-18)10-16(15)22-20(25)17-3-2-8-23(17)30(26,27)14-6-4-13(21)5-7-14/h4-7,9-10,17H,2-3,8,11H2,1H3,(H,22,25)/t17-/m1/s1. The molecule has 1 fully saturated rings. The van der Waals surface area contributed by atoms with Crippen LogP contribution in [0.25, 0.3) is 0 Å². The molecule has 2 aromatic carbocycles. The predicted octanol–water partition coefficient (Wildman–Crippen LogP) is 3.06. The number of hydrogen-bond acceptors (Lipinski definition) is 6. The zero-order valence-electron chi connectivity index (χ0n) is 16.1. The maximum Gasteiger partial charge on any atom is 0.243 e. The van der Waals surface area contributed by atoms with Crippen LogP contribution >= 0.6 is 11.6 Å². The quantitative estimate of drug-likeness (QED) is 0.702. The lowest BCUT2D eigenvalue weighted by atomic mass is 10.1. The smallest absolute Gasteiger partial charge is 0.243 e. The highest BCUT2D eigenvalue weighted by molar-refractivity contribution is 7.89. The highest BCUT2D eigenvalue weighted by atomic mass is 35.5. The first kappa shape index (κ1) is 20.6. The number of fused-ring (bicyclic) bond motifs is 1. The number of ketones is 1. The van der Waals surface area contributed by atoms with Crippen molar-refractivity contribution >= 4 is 39.0 Å². The van der Waals surface area contributed by atoms with Gasteiger partial charge in [-0.25, -0.2) is 8.42 Å². The maximum absolute atomic E-state index is 13.1. The lowest BCUT2D eigenvalue weighted by molar-refractivity contribution is -0.119. The van der Waals surface area contributed by atoms with Gasteiger partial charge in [0.25, 0.3) is 0 Å². The van der Waals surface area contributed by atoms with E-state index in [2.05, 4.69) is 5.32 Å². The van der Waals surface area contributed by atoms with E-state index < -0.39 is 22.0 Å². The molecule has 30 heavy (non-hydrogen) atoms. The van der Waals surface area contributed by atoms with Crippen LogP contribution in [0, 0.1) is 0 Å². The number of carbonyl (C=O) groups is 2. The number of nitrogens with zero attached hydrogens (tertiary/aromatic N) is 1. The minimum Gasteiger partial charge on any atom is -0.454 e. The van der Waals surface area contributed by atoms with Gasteiger partial charge >= 0.3 is 0 Å². The van der Waals surface area contributed by atoms with Crippen molar-refractivity contribution in [2.24, 2.45) is 0 Å². The van der Waals surface area contributed by atoms with Crippen molar-refractivity contribution in [3.8, 4) is 11.5 Å². The first-order chi connectivity index (χ1) is 14.3. The summed E-state index contributed by atoms with van der Waals surface area (Å²) >= 11 is 5.85. The molecule has 2 aliphatic heterocycles. The Morgan fingerprint density at radius 1 is 1.13 bits per heavy atom. The van der Waals surface area contributed by atoms with Crippen molar-refractivity contribution in [3.63, 3.8) is 0 Å². The number of Topliss-reactive ketones (excluding diaryl/α,β-unsaturated/α-hetero) is 1. The SMILES string of the molecule is CC(=O)c1cc2c(cc1NC(=O)[C@H]1CCCN1S(=O)(=O)c1ccc(Cl)cc1)OCO2. The van der Waals surface area contributed by atoms with Crippen LogP contribution in [0.2, 0.25) is 5.02 Å². The zero-order chi connectivity index (χ0) is 21.5. The van der Waals surface area contributed by atoms with Gasteiger partial charge in [0.15, 0.2) is 17.3 Å². The Bertz CT molecular complexity index is 1120. The highest BCUT2D eigenvalue weighted by Gasteiger charge is 2.39. The van der Waals surface area contributed by atoms with Gasteiger partial charge < -0.3 is 14.8 Å². The first-order valence-electron chi connectivity index (χ1n) is 9.30. The predicted molar refractivity (Wildman–Crippen MR) is 110 cm³/mol. The molecule has 1 N–H and O–H groups in total. The molecule has 2 aromatic rings. The Balaban J connectivity index is 1.61. The van der Waals surface area contributed by atoms with Crippen molar-refractivity contribution < 1.29 is 27.5 Å². The monoisotopic (exact) mass is 450 g/mol. The molecular formula is C20H19ClN2O6S. The third-order valence-electron chi connectivity index (χ3n) is 5.08. The second-order valence-corrected chi connectivity index (χ2v) is 9.35. The Hall–Kier alpha value is -2.62. The molecule has 0 aromatic heterocycles. The summed E-state index contributed by atoms with van der Waals surface area (Å²) < 4.78 is 37.9. The molecule has 1 saturated heterocycles. The van der Waals surface area contributed by atoms with Gasteiger partial charge in [0.2, 0.25) is 22.7 Å². The van der Waals surface area contributed by atoms with Crippen LogP contribution in [-0.2, 0) is 14.8 Å². The van der Waals surface area contributed by atoms with E-state index in [0.717, 1.165) is 0 Å². The number of carbonyl (C=O) groups excluding carboxylic acids is 2. The molecule has 0 aliphatic carbocycles. The summed E-state index contributed by atoms with van der Waals surface area (Å²) in [5.41, 5.74) is 0.519. The molecule has 0 bridgehead atoms. The summed E-state index contributed by atoms with van der Waals surface area (Å²) in [5.74, 6) is 0.0606. The molecule has 0 saturated carbocycles. The Morgan fingerprint density at radius 3 is 2.47 bits per heavy atom. The number of amides is 1. The van der Waals surface area contributed by atoms with E-state index in [1.165, 1.54) is 47.6 Å². The van der Waals surface area contributed by atoms with E-state index in [-0.39, 0.29) is 35.3 Å². The molecule has 8 nitrogen and oxygen atoms in total. The fourth-order valence-corrected chi connectivity index (χ4v) is 5.37. The van der Waals surface area contributed by atoms with Crippen molar-refractivity contribution in [1.29, 1.82) is 0 Å². The number of halogens is 1. The summed E-state index contributed by atoms with van der Waals surface area (Å²) in [7, 11) is -3.88. The molecule has 1 atom stereocenters. The summed E-state index contributed by atoms with van der Waals surface area (Å²) in [6.45, 7) is 1.63. The van der Waals surface area contributed by atoms with E-state index in [4.69, 9.17) is 21.1 Å². The maximum atomic E-state index is 13.1. The molecule has 2 heterocycles. The molecule has 1 amide bonds. The Kier molecular flexibility index (Phi) is 5.44. The van der Waals surface area contributed by atoms with Gasteiger partial charge in [0, 0.05) is 23.2 Å². The van der Waals surface area contributed by atoms with Gasteiger partial charge in [0.05, 0.1) is 10.6 Å². The summed E-state index contributed by atoms with van der Waals surface area (Å²) in [5, 5.41) is 3.12. The van der Waals surface area contributed by atoms with Crippen LogP contribution in [0.4, 0.5) is 5.69 Å². The van der Waals surface area contributed by atoms with Crippen LogP contribution in [0.1, 0.15) is 30.1 Å². The largest absolute Gasteiger partial charge is 0.454 e. The molecule has 0 radical (unpaired) electrons. The first-order valence-corrected chi connectivity index (χ1v) is 11.1. The van der Waals surface area contributed by atoms with Gasteiger partial charge in [-0.15, -0.1) is 0 Å². The molecule has 10 heteroatoms. The number of rotatable bonds is 5. The van der Waals surface area contributed by atoms with E-state index in [0.29, 0.717) is 29.4 Å². The fraction of sp³-hybridized carbons (Fsp3) is 0.300. The topological polar surface area (TPSA) is 102 Å². The van der Waals surface area contributed by atoms with Gasteiger partial charge in [-0.3, -0.25) is 9.59 Å². The minimum atomic E-state index is -3.88. The molecular weight excluding hydrogens is 432 g/mol. The number of anilines is 1. The van der Waals surface area contributed by atoms with Gasteiger partial charge in [-0.2, -0.15) is 4.31 Å². The van der Waals surface area contributed by atoms with Crippen molar-refractivity contribution in [2.75, 3.05) is 18.7 Å². The second-order valence-electron chi connectivity index (χ2n) is 7.02. The van der Waals surface area contributed by atoms with E-state index in [9.17, 15) is 18.0 Å². The van der Waals surface area contributed by atoms with Gasteiger partial charge in [-0.1, -0.05) is 11.6 Å². The minimum absolute atomic E-state index is 0.0276. The number of benzene rings is 2. The van der Waals surface area contributed by atoms with Crippen molar-refractivity contribution in [3.05, 3.63) is 47.0 Å². The van der Waals surface area contributed by atoms with Crippen molar-refractivity contribution in [2.45, 2.75) is 30.7 Å². The Morgan fingerprint density at radius 2 is 1.80 bits per heavy atom. The number of hydrogen-bond donors (Lipinski definition) is 1. The van der Waals surface area contributed by atoms with Crippen LogP contribution in [0.3, 0.4) is 0 Å². The molecule has 0 unspecified atom stereocenters. The van der Waals surface area contributed by atoms with Crippen LogP contribution in [0.15, 0.2) is 41.3 Å². The third-order valence-corrected chi connectivity index (χ3v) is 7.25. The third kappa shape index (κ3) is 3.76. The van der Waals surface area contributed by atoms with Crippen molar-refractivity contribution in [1.82, 2.24) is 4.31 Å². The van der Waals surface area contributed by atoms with E-state index >= 15 is 0 Å². The summed E-state index contributed by atoms with van der Waals surface area (Å²) in [6.07, 6.45) is 0.921. The number of ether oxygens (including phenoxy) is 2. The van der Waals surface area contributed by atoms with Crippen LogP contribution in [-0.4, -0.2) is 43.8 Å². The highest BCUT2D eigenvalue weighted by Crippen LogP contribution is 2.38. The van der Waals surface area contributed by atoms with Crippen LogP contribution < -0.4 is 14.8 Å². The number of sulfonamides is 1. The molecule has 2 aliphatic rings. The normalized spacial score (nSPS) is 18.4. The Labute approximate surface area is 178 Å². The van der Waals surface area contributed by atoms with E-state index in [1.807, 2.05) is 0 Å². The van der Waals surface area contributed by atoms with Crippen LogP contribution in [0.5, 0.6) is 11.5 Å². The average Bonchev–Trinajstić information content (AvgIpc) is 3.37. The molecule has 0 spiro atoms. The fourth-order valence-electron chi connectivity index (χ4n) is 3.58. The van der Waals surface area contributed by atoms with Gasteiger partial charge in [-0.05, 0) is 50.1 Å². The molecule has 4 rings (SSSR count). The average molecular weight is 451 g/mol. The zero-order valence-corrected chi connectivity index (χ0v) is 17.6. The summed E-state index contributed by atoms with van der Waals surface area (Å²) in [4.78, 5) is 25.1. The lowest BCUT2D eigenvalue weighted by Crippen LogP contribution is -2.43.